The smallest absolute Gasteiger partial charge is 0.228 e. The number of nitrogens with one attached hydrogen (secondary N) is 1. The zero-order valence-electron chi connectivity index (χ0n) is 19.6. The molecule has 5 aromatic rings. The lowest BCUT2D eigenvalue weighted by Gasteiger charge is -2.17. The fraction of sp³-hybridized carbons (Fsp3) is 0.240. The van der Waals surface area contributed by atoms with Crippen LogP contribution in [0.2, 0.25) is 0 Å². The predicted octanol–water partition coefficient (Wildman–Crippen LogP) is 3.83. The molecule has 0 saturated heterocycles. The topological polar surface area (TPSA) is 91.3 Å². The third-order valence-corrected chi connectivity index (χ3v) is 6.40. The van der Waals surface area contributed by atoms with Crippen LogP contribution in [0.1, 0.15) is 17.0 Å². The quantitative estimate of drug-likeness (QED) is 0.447. The molecule has 1 aliphatic rings. The molecule has 9 nitrogen and oxygen atoms in total. The molecule has 6 rings (SSSR count). The van der Waals surface area contributed by atoms with Gasteiger partial charge in [-0.15, -0.1) is 0 Å². The maximum Gasteiger partial charge on any atom is 0.228 e. The third kappa shape index (κ3) is 3.37. The zero-order valence-corrected chi connectivity index (χ0v) is 19.6. The molecular formula is C25H25N9. The van der Waals surface area contributed by atoms with Crippen molar-refractivity contribution < 1.29 is 0 Å². The first-order valence-electron chi connectivity index (χ1n) is 11.3. The molecular weight excluding hydrogens is 426 g/mol. The standard InChI is InChI=1S/C25H25N9/c1-15-11-21(31-33(15)3)28-25-26-12-18-9-10-20-22(23(18)29-25)24(34(4)30-20)17-7-5-16(6-8-17)19-13-27-32(2)14-19/h5-8,11-14H,9-10H2,1-4H3,(H,26,28,29,31). The zero-order chi connectivity index (χ0) is 23.4. The minimum Gasteiger partial charge on any atom is -0.307 e. The maximum atomic E-state index is 4.92. The molecule has 0 atom stereocenters. The summed E-state index contributed by atoms with van der Waals surface area (Å²) >= 11 is 0. The van der Waals surface area contributed by atoms with Crippen LogP contribution < -0.4 is 5.32 Å². The van der Waals surface area contributed by atoms with E-state index in [1.54, 1.807) is 0 Å². The highest BCUT2D eigenvalue weighted by atomic mass is 15.3. The van der Waals surface area contributed by atoms with Gasteiger partial charge in [-0.25, -0.2) is 9.97 Å². The van der Waals surface area contributed by atoms with Crippen molar-refractivity contribution in [3.8, 4) is 33.6 Å². The van der Waals surface area contributed by atoms with Crippen LogP contribution >= 0.6 is 0 Å². The molecule has 4 aromatic heterocycles. The second kappa shape index (κ2) is 7.65. The molecule has 9 heteroatoms. The van der Waals surface area contributed by atoms with Crippen LogP contribution in [-0.4, -0.2) is 39.3 Å². The maximum absolute atomic E-state index is 4.92. The summed E-state index contributed by atoms with van der Waals surface area (Å²) in [5.41, 5.74) is 9.68. The van der Waals surface area contributed by atoms with Crippen molar-refractivity contribution in [2.75, 3.05) is 5.32 Å². The Balaban J connectivity index is 1.40. The number of hydrogen-bond acceptors (Lipinski definition) is 6. The SMILES string of the molecule is Cc1cc(Nc2ncc3c(n2)-c2c(nn(C)c2-c2ccc(-c4cnn(C)c4)cc2)CC3)nn1C. The van der Waals surface area contributed by atoms with Gasteiger partial charge in [0.15, 0.2) is 5.82 Å². The van der Waals surface area contributed by atoms with Crippen LogP contribution in [0.3, 0.4) is 0 Å². The third-order valence-electron chi connectivity index (χ3n) is 6.40. The number of benzene rings is 1. The Morgan fingerprint density at radius 3 is 2.38 bits per heavy atom. The summed E-state index contributed by atoms with van der Waals surface area (Å²) in [5.74, 6) is 1.26. The van der Waals surface area contributed by atoms with Gasteiger partial charge in [0.1, 0.15) is 0 Å². The van der Waals surface area contributed by atoms with Crippen LogP contribution in [0.4, 0.5) is 11.8 Å². The first-order chi connectivity index (χ1) is 16.5. The van der Waals surface area contributed by atoms with Gasteiger partial charge in [-0.05, 0) is 30.9 Å². The summed E-state index contributed by atoms with van der Waals surface area (Å²) in [6, 6.07) is 10.5. The van der Waals surface area contributed by atoms with E-state index in [2.05, 4.69) is 44.8 Å². The minimum absolute atomic E-state index is 0.534. The van der Waals surface area contributed by atoms with E-state index in [1.807, 2.05) is 66.8 Å². The van der Waals surface area contributed by atoms with E-state index in [1.165, 1.54) is 0 Å². The van der Waals surface area contributed by atoms with Crippen molar-refractivity contribution >= 4 is 11.8 Å². The number of nitrogens with zero attached hydrogens (tertiary/aromatic N) is 8. The van der Waals surface area contributed by atoms with E-state index in [4.69, 9.17) is 10.1 Å². The molecule has 1 aromatic carbocycles. The number of aromatic nitrogens is 8. The van der Waals surface area contributed by atoms with E-state index >= 15 is 0 Å². The van der Waals surface area contributed by atoms with Crippen molar-refractivity contribution in [1.29, 1.82) is 0 Å². The van der Waals surface area contributed by atoms with Gasteiger partial charge in [0, 0.05) is 62.0 Å². The van der Waals surface area contributed by atoms with Gasteiger partial charge in [-0.1, -0.05) is 24.3 Å². The monoisotopic (exact) mass is 451 g/mol. The first kappa shape index (κ1) is 20.3. The summed E-state index contributed by atoms with van der Waals surface area (Å²) in [4.78, 5) is 9.47. The fourth-order valence-corrected chi connectivity index (χ4v) is 4.58. The molecule has 0 unspecified atom stereocenters. The second-order valence-electron chi connectivity index (χ2n) is 8.76. The number of rotatable bonds is 4. The van der Waals surface area contributed by atoms with Crippen molar-refractivity contribution in [3.05, 3.63) is 65.9 Å². The fourth-order valence-electron chi connectivity index (χ4n) is 4.58. The highest BCUT2D eigenvalue weighted by Gasteiger charge is 2.27. The average Bonchev–Trinajstić information content (AvgIpc) is 3.50. The normalized spacial score (nSPS) is 12.5. The van der Waals surface area contributed by atoms with Gasteiger partial charge in [0.05, 0.1) is 23.3 Å². The lowest BCUT2D eigenvalue weighted by molar-refractivity contribution is 0.741. The average molecular weight is 452 g/mol. The molecule has 0 fully saturated rings. The Morgan fingerprint density at radius 1 is 0.882 bits per heavy atom. The van der Waals surface area contributed by atoms with Gasteiger partial charge in [-0.2, -0.15) is 15.3 Å². The van der Waals surface area contributed by atoms with Gasteiger partial charge in [0.25, 0.3) is 0 Å². The van der Waals surface area contributed by atoms with E-state index in [0.717, 1.165) is 69.3 Å². The van der Waals surface area contributed by atoms with Crippen LogP contribution in [0, 0.1) is 6.92 Å². The molecule has 0 spiro atoms. The van der Waals surface area contributed by atoms with Crippen molar-refractivity contribution in [2.45, 2.75) is 19.8 Å². The summed E-state index contributed by atoms with van der Waals surface area (Å²) in [6.07, 6.45) is 7.57. The Kier molecular flexibility index (Phi) is 4.58. The first-order valence-corrected chi connectivity index (χ1v) is 11.3. The summed E-state index contributed by atoms with van der Waals surface area (Å²) in [6.45, 7) is 2.01. The Hall–Kier alpha value is -4.27. The molecule has 0 aliphatic heterocycles. The lowest BCUT2D eigenvalue weighted by Crippen LogP contribution is -2.08. The highest BCUT2D eigenvalue weighted by molar-refractivity contribution is 5.85. The van der Waals surface area contributed by atoms with Crippen molar-refractivity contribution in [3.63, 3.8) is 0 Å². The molecule has 34 heavy (non-hydrogen) atoms. The second-order valence-corrected chi connectivity index (χ2v) is 8.76. The molecule has 1 N–H and O–H groups in total. The van der Waals surface area contributed by atoms with E-state index < -0.39 is 0 Å². The van der Waals surface area contributed by atoms with Crippen LogP contribution in [0.25, 0.3) is 33.6 Å². The summed E-state index contributed by atoms with van der Waals surface area (Å²) in [5, 5.41) is 16.8. The van der Waals surface area contributed by atoms with Crippen molar-refractivity contribution in [1.82, 2.24) is 39.3 Å². The molecule has 0 radical (unpaired) electrons. The Labute approximate surface area is 197 Å². The number of hydrogen-bond donors (Lipinski definition) is 1. The predicted molar refractivity (Wildman–Crippen MR) is 131 cm³/mol. The summed E-state index contributed by atoms with van der Waals surface area (Å²) < 4.78 is 5.61. The Morgan fingerprint density at radius 2 is 1.68 bits per heavy atom. The van der Waals surface area contributed by atoms with Gasteiger partial charge in [0.2, 0.25) is 5.95 Å². The van der Waals surface area contributed by atoms with Crippen LogP contribution in [0.15, 0.2) is 48.9 Å². The van der Waals surface area contributed by atoms with Gasteiger partial charge < -0.3 is 5.32 Å². The molecule has 0 amide bonds. The summed E-state index contributed by atoms with van der Waals surface area (Å²) in [7, 11) is 5.85. The van der Waals surface area contributed by atoms with Gasteiger partial charge >= 0.3 is 0 Å². The van der Waals surface area contributed by atoms with E-state index in [9.17, 15) is 0 Å². The van der Waals surface area contributed by atoms with Crippen molar-refractivity contribution in [2.24, 2.45) is 21.1 Å². The number of aryl methyl sites for hydroxylation is 6. The molecule has 0 bridgehead atoms. The van der Waals surface area contributed by atoms with Crippen LogP contribution in [0.5, 0.6) is 0 Å². The molecule has 170 valence electrons. The molecule has 4 heterocycles. The largest absolute Gasteiger partial charge is 0.307 e. The van der Waals surface area contributed by atoms with E-state index in [-0.39, 0.29) is 0 Å². The Bertz CT molecular complexity index is 1500. The lowest BCUT2D eigenvalue weighted by atomic mass is 9.91. The molecule has 1 aliphatic carbocycles. The highest BCUT2D eigenvalue weighted by Crippen LogP contribution is 2.40. The molecule has 0 saturated carbocycles. The van der Waals surface area contributed by atoms with Crippen LogP contribution in [-0.2, 0) is 34.0 Å². The number of anilines is 2. The van der Waals surface area contributed by atoms with E-state index in [0.29, 0.717) is 5.95 Å². The minimum atomic E-state index is 0.534. The number of fused-ring (bicyclic) bond motifs is 3. The van der Waals surface area contributed by atoms with Gasteiger partial charge in [-0.3, -0.25) is 14.0 Å².